The maximum absolute atomic E-state index is 12.6. The number of allylic oxidation sites excluding steroid dienone is 3. The van der Waals surface area contributed by atoms with Gasteiger partial charge in [-0.15, -0.1) is 0 Å². The SMILES string of the molecule is Cc1cc(OCC(=O)OC(C)C)cc2c1C(=O)/C(=C/C=C/c1ccccc1)O2. The molecule has 0 amide bonds. The van der Waals surface area contributed by atoms with Gasteiger partial charge in [0.1, 0.15) is 11.5 Å². The van der Waals surface area contributed by atoms with Crippen molar-refractivity contribution in [2.45, 2.75) is 26.9 Å². The van der Waals surface area contributed by atoms with Crippen LogP contribution in [0.15, 0.2) is 60.4 Å². The third-order valence-corrected chi connectivity index (χ3v) is 4.00. The molecule has 2 aromatic carbocycles. The first-order chi connectivity index (χ1) is 13.4. The van der Waals surface area contributed by atoms with Gasteiger partial charge in [-0.25, -0.2) is 4.79 Å². The van der Waals surface area contributed by atoms with Crippen LogP contribution in [0, 0.1) is 6.92 Å². The first kappa shape index (κ1) is 19.4. The molecule has 0 atom stereocenters. The summed E-state index contributed by atoms with van der Waals surface area (Å²) in [6.45, 7) is 5.16. The molecule has 2 aromatic rings. The molecule has 5 heteroatoms. The number of rotatable bonds is 6. The number of benzene rings is 2. The van der Waals surface area contributed by atoms with Crippen LogP contribution in [-0.2, 0) is 9.53 Å². The monoisotopic (exact) mass is 378 g/mol. The predicted octanol–water partition coefficient (Wildman–Crippen LogP) is 4.50. The normalized spacial score (nSPS) is 14.4. The number of ketones is 1. The van der Waals surface area contributed by atoms with Gasteiger partial charge in [-0.1, -0.05) is 42.5 Å². The molecule has 0 unspecified atom stereocenters. The van der Waals surface area contributed by atoms with E-state index in [9.17, 15) is 9.59 Å². The van der Waals surface area contributed by atoms with Crippen LogP contribution in [0.5, 0.6) is 11.5 Å². The van der Waals surface area contributed by atoms with Gasteiger partial charge < -0.3 is 14.2 Å². The van der Waals surface area contributed by atoms with Gasteiger partial charge in [0.25, 0.3) is 0 Å². The van der Waals surface area contributed by atoms with E-state index in [2.05, 4.69) is 0 Å². The number of ether oxygens (including phenoxy) is 3. The summed E-state index contributed by atoms with van der Waals surface area (Å²) in [7, 11) is 0. The van der Waals surface area contributed by atoms with Gasteiger partial charge in [0, 0.05) is 6.07 Å². The molecule has 0 saturated carbocycles. The Morgan fingerprint density at radius 1 is 1.18 bits per heavy atom. The summed E-state index contributed by atoms with van der Waals surface area (Å²) in [5, 5.41) is 0. The van der Waals surface area contributed by atoms with Gasteiger partial charge in [0.05, 0.1) is 11.7 Å². The highest BCUT2D eigenvalue weighted by molar-refractivity contribution is 6.13. The number of hydrogen-bond acceptors (Lipinski definition) is 5. The molecular formula is C23H22O5. The molecule has 1 aliphatic heterocycles. The van der Waals surface area contributed by atoms with Crippen molar-refractivity contribution < 1.29 is 23.8 Å². The topological polar surface area (TPSA) is 61.8 Å². The molecule has 28 heavy (non-hydrogen) atoms. The van der Waals surface area contributed by atoms with Gasteiger partial charge in [-0.05, 0) is 44.0 Å². The summed E-state index contributed by atoms with van der Waals surface area (Å²) in [5.41, 5.74) is 2.27. The first-order valence-electron chi connectivity index (χ1n) is 9.07. The molecule has 0 aromatic heterocycles. The average Bonchev–Trinajstić information content (AvgIpc) is 2.96. The largest absolute Gasteiger partial charge is 0.482 e. The molecular weight excluding hydrogens is 356 g/mol. The van der Waals surface area contributed by atoms with E-state index >= 15 is 0 Å². The average molecular weight is 378 g/mol. The van der Waals surface area contributed by atoms with Crippen LogP contribution in [0.3, 0.4) is 0 Å². The maximum Gasteiger partial charge on any atom is 0.344 e. The van der Waals surface area contributed by atoms with Crippen molar-refractivity contribution in [3.05, 3.63) is 77.1 Å². The van der Waals surface area contributed by atoms with E-state index in [4.69, 9.17) is 14.2 Å². The van der Waals surface area contributed by atoms with E-state index in [0.717, 1.165) is 11.1 Å². The molecule has 0 aliphatic carbocycles. The Morgan fingerprint density at radius 2 is 1.93 bits per heavy atom. The summed E-state index contributed by atoms with van der Waals surface area (Å²) in [5.74, 6) is 0.511. The molecule has 3 rings (SSSR count). The number of carbonyl (C=O) groups excluding carboxylic acids is 2. The number of carbonyl (C=O) groups is 2. The van der Waals surface area contributed by atoms with Crippen molar-refractivity contribution in [2.24, 2.45) is 0 Å². The molecule has 0 saturated heterocycles. The van der Waals surface area contributed by atoms with E-state index in [1.807, 2.05) is 43.3 Å². The van der Waals surface area contributed by atoms with Gasteiger partial charge in [0.15, 0.2) is 12.4 Å². The van der Waals surface area contributed by atoms with E-state index in [1.165, 1.54) is 0 Å². The Hall–Kier alpha value is -3.34. The van der Waals surface area contributed by atoms with E-state index < -0.39 is 5.97 Å². The number of esters is 1. The molecule has 0 N–H and O–H groups in total. The highest BCUT2D eigenvalue weighted by Crippen LogP contribution is 2.37. The lowest BCUT2D eigenvalue weighted by atomic mass is 10.0. The van der Waals surface area contributed by atoms with E-state index in [1.54, 1.807) is 38.1 Å². The van der Waals surface area contributed by atoms with Gasteiger partial charge in [-0.3, -0.25) is 4.79 Å². The highest BCUT2D eigenvalue weighted by Gasteiger charge is 2.29. The summed E-state index contributed by atoms with van der Waals surface area (Å²) in [4.78, 5) is 24.3. The van der Waals surface area contributed by atoms with Crippen molar-refractivity contribution in [1.82, 2.24) is 0 Å². The Balaban J connectivity index is 1.72. The number of hydrogen-bond donors (Lipinski definition) is 0. The molecule has 0 bridgehead atoms. The zero-order valence-corrected chi connectivity index (χ0v) is 16.1. The lowest BCUT2D eigenvalue weighted by molar-refractivity contribution is -0.149. The minimum Gasteiger partial charge on any atom is -0.482 e. The maximum atomic E-state index is 12.6. The lowest BCUT2D eigenvalue weighted by Gasteiger charge is -2.10. The van der Waals surface area contributed by atoms with Crippen LogP contribution in [0.1, 0.15) is 35.3 Å². The zero-order valence-electron chi connectivity index (χ0n) is 16.1. The number of aryl methyl sites for hydroxylation is 1. The van der Waals surface area contributed by atoms with Gasteiger partial charge in [-0.2, -0.15) is 0 Å². The van der Waals surface area contributed by atoms with Crippen molar-refractivity contribution in [2.75, 3.05) is 6.61 Å². The van der Waals surface area contributed by atoms with Crippen molar-refractivity contribution in [3.8, 4) is 11.5 Å². The third-order valence-electron chi connectivity index (χ3n) is 4.00. The zero-order chi connectivity index (χ0) is 20.1. The van der Waals surface area contributed by atoms with Crippen LogP contribution in [0.2, 0.25) is 0 Å². The predicted molar refractivity (Wildman–Crippen MR) is 106 cm³/mol. The van der Waals surface area contributed by atoms with Gasteiger partial charge >= 0.3 is 5.97 Å². The minimum atomic E-state index is -0.447. The molecule has 5 nitrogen and oxygen atoms in total. The first-order valence-corrected chi connectivity index (χ1v) is 9.07. The second-order valence-electron chi connectivity index (χ2n) is 6.67. The Labute approximate surface area is 164 Å². The lowest BCUT2D eigenvalue weighted by Crippen LogP contribution is -2.18. The summed E-state index contributed by atoms with van der Waals surface area (Å²) in [6.07, 6.45) is 5.13. The van der Waals surface area contributed by atoms with Crippen molar-refractivity contribution >= 4 is 17.8 Å². The van der Waals surface area contributed by atoms with Gasteiger partial charge in [0.2, 0.25) is 5.78 Å². The minimum absolute atomic E-state index is 0.170. The summed E-state index contributed by atoms with van der Waals surface area (Å²) < 4.78 is 16.2. The van der Waals surface area contributed by atoms with Crippen molar-refractivity contribution in [1.29, 1.82) is 0 Å². The molecule has 0 spiro atoms. The standard InChI is InChI=1S/C23H22O5/c1-15(2)27-21(24)14-26-18-12-16(3)22-20(13-18)28-19(23(22)25)11-7-10-17-8-5-4-6-9-17/h4-13,15H,14H2,1-3H3/b10-7+,19-11-. The van der Waals surface area contributed by atoms with Crippen LogP contribution in [-0.4, -0.2) is 24.5 Å². The summed E-state index contributed by atoms with van der Waals surface area (Å²) in [6, 6.07) is 13.1. The Bertz CT molecular complexity index is 939. The third kappa shape index (κ3) is 4.68. The van der Waals surface area contributed by atoms with E-state index in [-0.39, 0.29) is 24.3 Å². The van der Waals surface area contributed by atoms with Crippen LogP contribution < -0.4 is 9.47 Å². The second-order valence-corrected chi connectivity index (χ2v) is 6.67. The van der Waals surface area contributed by atoms with Crippen LogP contribution in [0.25, 0.3) is 6.08 Å². The quantitative estimate of drug-likeness (QED) is 0.547. The van der Waals surface area contributed by atoms with Crippen molar-refractivity contribution in [3.63, 3.8) is 0 Å². The van der Waals surface area contributed by atoms with Crippen LogP contribution >= 0.6 is 0 Å². The van der Waals surface area contributed by atoms with E-state index in [0.29, 0.717) is 17.1 Å². The molecule has 1 aliphatic rings. The fraction of sp³-hybridized carbons (Fsp3) is 0.217. The fourth-order valence-electron chi connectivity index (χ4n) is 2.83. The Kier molecular flexibility index (Phi) is 5.94. The second kappa shape index (κ2) is 8.57. The number of fused-ring (bicyclic) bond motifs is 1. The highest BCUT2D eigenvalue weighted by atomic mass is 16.6. The van der Waals surface area contributed by atoms with Crippen LogP contribution in [0.4, 0.5) is 0 Å². The molecule has 1 heterocycles. The molecule has 0 fully saturated rings. The number of Topliss-reactive ketones (excluding diaryl/α,β-unsaturated/α-hetero) is 1. The molecule has 144 valence electrons. The Morgan fingerprint density at radius 3 is 2.64 bits per heavy atom. The summed E-state index contributed by atoms with van der Waals surface area (Å²) >= 11 is 0. The molecule has 0 radical (unpaired) electrons. The smallest absolute Gasteiger partial charge is 0.344 e. The fourth-order valence-corrected chi connectivity index (χ4v) is 2.83.